The zero-order chi connectivity index (χ0) is 14.9. The smallest absolute Gasteiger partial charge is 0.318 e. The highest BCUT2D eigenvalue weighted by Crippen LogP contribution is 2.17. The number of hydrogen-bond acceptors (Lipinski definition) is 4. The fourth-order valence-corrected chi connectivity index (χ4v) is 2.47. The van der Waals surface area contributed by atoms with E-state index < -0.39 is 29.9 Å². The van der Waals surface area contributed by atoms with E-state index in [9.17, 15) is 19.2 Å². The van der Waals surface area contributed by atoms with Crippen LogP contribution in [0.5, 0.6) is 0 Å². The number of hydrogen-bond donors (Lipinski definition) is 2. The summed E-state index contributed by atoms with van der Waals surface area (Å²) in [5, 5.41) is 11.5. The van der Waals surface area contributed by atoms with Crippen molar-refractivity contribution in [2.24, 2.45) is 5.92 Å². The van der Waals surface area contributed by atoms with Crippen molar-refractivity contribution in [1.82, 2.24) is 15.1 Å². The minimum absolute atomic E-state index is 0.0444. The quantitative estimate of drug-likeness (QED) is 0.648. The largest absolute Gasteiger partial charge is 0.481 e. The summed E-state index contributed by atoms with van der Waals surface area (Å²) in [5.41, 5.74) is 0. The number of urea groups is 1. The van der Waals surface area contributed by atoms with Gasteiger partial charge in [-0.1, -0.05) is 0 Å². The highest BCUT2D eigenvalue weighted by atomic mass is 16.4. The number of nitrogens with one attached hydrogen (secondary N) is 1. The number of amides is 4. The molecule has 20 heavy (non-hydrogen) atoms. The number of likely N-dealkylation sites (tertiary alicyclic amines) is 2. The standard InChI is InChI=1S/C12H17N3O5/c1-14-9(16)5-8(10(14)17)13-12(20)15-4-2-3-7(6-15)11(18)19/h7-8H,2-6H2,1H3,(H,13,20)(H,18,19)/t7-,8?/m0/s1. The third-order valence-electron chi connectivity index (χ3n) is 3.74. The summed E-state index contributed by atoms with van der Waals surface area (Å²) in [6.45, 7) is 0.589. The molecule has 2 N–H and O–H groups in total. The molecule has 0 spiro atoms. The van der Waals surface area contributed by atoms with Crippen LogP contribution in [0, 0.1) is 5.92 Å². The molecule has 0 aromatic heterocycles. The maximum Gasteiger partial charge on any atom is 0.318 e. The summed E-state index contributed by atoms with van der Waals surface area (Å²) in [7, 11) is 1.37. The highest BCUT2D eigenvalue weighted by Gasteiger charge is 2.38. The van der Waals surface area contributed by atoms with Crippen molar-refractivity contribution in [3.63, 3.8) is 0 Å². The first-order chi connectivity index (χ1) is 9.40. The molecule has 2 fully saturated rings. The molecule has 2 heterocycles. The molecule has 4 amide bonds. The SMILES string of the molecule is CN1C(=O)CC(NC(=O)N2CCC[C@H](C(=O)O)C2)C1=O. The molecule has 0 bridgehead atoms. The van der Waals surface area contributed by atoms with Crippen LogP contribution in [0.4, 0.5) is 4.79 Å². The molecule has 0 aliphatic carbocycles. The summed E-state index contributed by atoms with van der Waals surface area (Å²) >= 11 is 0. The number of carboxylic acid groups (broad SMARTS) is 1. The van der Waals surface area contributed by atoms with Crippen molar-refractivity contribution in [3.8, 4) is 0 Å². The highest BCUT2D eigenvalue weighted by molar-refractivity contribution is 6.06. The fraction of sp³-hybridized carbons (Fsp3) is 0.667. The van der Waals surface area contributed by atoms with Gasteiger partial charge in [-0.15, -0.1) is 0 Å². The minimum Gasteiger partial charge on any atom is -0.481 e. The molecule has 8 nitrogen and oxygen atoms in total. The Morgan fingerprint density at radius 2 is 2.05 bits per heavy atom. The molecule has 0 aromatic carbocycles. The van der Waals surface area contributed by atoms with Crippen LogP contribution in [-0.2, 0) is 14.4 Å². The van der Waals surface area contributed by atoms with Gasteiger partial charge in [-0.05, 0) is 12.8 Å². The average Bonchev–Trinajstić information content (AvgIpc) is 2.66. The number of aliphatic carboxylic acids is 1. The minimum atomic E-state index is -0.922. The van der Waals surface area contributed by atoms with E-state index in [0.717, 1.165) is 4.90 Å². The Bertz CT molecular complexity index is 464. The van der Waals surface area contributed by atoms with Crippen LogP contribution in [-0.4, -0.2) is 64.9 Å². The maximum atomic E-state index is 12.0. The lowest BCUT2D eigenvalue weighted by atomic mass is 9.99. The molecule has 2 aliphatic rings. The number of carboxylic acids is 1. The molecule has 110 valence electrons. The van der Waals surface area contributed by atoms with Gasteiger partial charge in [-0.25, -0.2) is 4.79 Å². The van der Waals surface area contributed by atoms with E-state index in [4.69, 9.17) is 5.11 Å². The van der Waals surface area contributed by atoms with Crippen LogP contribution in [0.15, 0.2) is 0 Å². The molecule has 0 radical (unpaired) electrons. The van der Waals surface area contributed by atoms with Crippen LogP contribution in [0.3, 0.4) is 0 Å². The topological polar surface area (TPSA) is 107 Å². The number of likely N-dealkylation sites (N-methyl/N-ethyl adjacent to an activating group) is 1. The molecule has 0 aromatic rings. The third kappa shape index (κ3) is 2.73. The van der Waals surface area contributed by atoms with Gasteiger partial charge in [0.2, 0.25) is 5.91 Å². The number of piperidine rings is 1. The summed E-state index contributed by atoms with van der Waals surface area (Å²) in [6.07, 6.45) is 1.11. The molecule has 2 atom stereocenters. The van der Waals surface area contributed by atoms with E-state index in [1.165, 1.54) is 11.9 Å². The molecule has 0 saturated carbocycles. The van der Waals surface area contributed by atoms with Crippen LogP contribution in [0.2, 0.25) is 0 Å². The number of imide groups is 1. The van der Waals surface area contributed by atoms with Crippen LogP contribution >= 0.6 is 0 Å². The Kier molecular flexibility index (Phi) is 3.91. The van der Waals surface area contributed by atoms with Gasteiger partial charge in [0.05, 0.1) is 12.3 Å². The average molecular weight is 283 g/mol. The Hall–Kier alpha value is -2.12. The van der Waals surface area contributed by atoms with Gasteiger partial charge < -0.3 is 15.3 Å². The third-order valence-corrected chi connectivity index (χ3v) is 3.74. The summed E-state index contributed by atoms with van der Waals surface area (Å²) in [4.78, 5) is 48.4. The lowest BCUT2D eigenvalue weighted by Crippen LogP contribution is -2.51. The van der Waals surface area contributed by atoms with Gasteiger partial charge in [0.15, 0.2) is 0 Å². The normalized spacial score (nSPS) is 26.9. The van der Waals surface area contributed by atoms with Crippen molar-refractivity contribution in [3.05, 3.63) is 0 Å². The van der Waals surface area contributed by atoms with Gasteiger partial charge in [-0.3, -0.25) is 19.3 Å². The van der Waals surface area contributed by atoms with Gasteiger partial charge in [0.25, 0.3) is 5.91 Å². The van der Waals surface area contributed by atoms with Gasteiger partial charge >= 0.3 is 12.0 Å². The second kappa shape index (κ2) is 5.48. The van der Waals surface area contributed by atoms with Gasteiger partial charge in [-0.2, -0.15) is 0 Å². The van der Waals surface area contributed by atoms with Crippen LogP contribution in [0.1, 0.15) is 19.3 Å². The first kappa shape index (κ1) is 14.3. The number of carbonyl (C=O) groups excluding carboxylic acids is 3. The molecule has 2 rings (SSSR count). The van der Waals surface area contributed by atoms with Crippen molar-refractivity contribution in [2.45, 2.75) is 25.3 Å². The predicted octanol–water partition coefficient (Wildman–Crippen LogP) is -0.750. The molecular weight excluding hydrogens is 266 g/mol. The van der Waals surface area contributed by atoms with Crippen molar-refractivity contribution < 1.29 is 24.3 Å². The summed E-state index contributed by atoms with van der Waals surface area (Å²) in [6, 6.07) is -1.33. The zero-order valence-electron chi connectivity index (χ0n) is 11.2. The second-order valence-corrected chi connectivity index (χ2v) is 5.12. The van der Waals surface area contributed by atoms with Gasteiger partial charge in [0, 0.05) is 20.1 Å². The number of nitrogens with zero attached hydrogens (tertiary/aromatic N) is 2. The van der Waals surface area contributed by atoms with Crippen LogP contribution in [0.25, 0.3) is 0 Å². The molecule has 8 heteroatoms. The maximum absolute atomic E-state index is 12.0. The molecule has 2 saturated heterocycles. The van der Waals surface area contributed by atoms with Crippen LogP contribution < -0.4 is 5.32 Å². The number of carbonyl (C=O) groups is 4. The lowest BCUT2D eigenvalue weighted by molar-refractivity contribution is -0.143. The van der Waals surface area contributed by atoms with Crippen molar-refractivity contribution in [2.75, 3.05) is 20.1 Å². The monoisotopic (exact) mass is 283 g/mol. The summed E-state index contributed by atoms with van der Waals surface area (Å²) in [5.74, 6) is -2.26. The van der Waals surface area contributed by atoms with E-state index in [-0.39, 0.29) is 18.9 Å². The Balaban J connectivity index is 1.93. The number of rotatable bonds is 2. The Labute approximate surface area is 115 Å². The Morgan fingerprint density at radius 3 is 2.60 bits per heavy atom. The van der Waals surface area contributed by atoms with E-state index in [1.807, 2.05) is 0 Å². The van der Waals surface area contributed by atoms with Crippen molar-refractivity contribution >= 4 is 23.8 Å². The summed E-state index contributed by atoms with van der Waals surface area (Å²) < 4.78 is 0. The predicted molar refractivity (Wildman–Crippen MR) is 66.6 cm³/mol. The van der Waals surface area contributed by atoms with E-state index in [2.05, 4.69) is 5.32 Å². The van der Waals surface area contributed by atoms with Crippen molar-refractivity contribution in [1.29, 1.82) is 0 Å². The molecule has 2 aliphatic heterocycles. The molecular formula is C12H17N3O5. The molecule has 1 unspecified atom stereocenters. The second-order valence-electron chi connectivity index (χ2n) is 5.12. The zero-order valence-corrected chi connectivity index (χ0v) is 11.2. The Morgan fingerprint density at radius 1 is 1.35 bits per heavy atom. The van der Waals surface area contributed by atoms with Gasteiger partial charge in [0.1, 0.15) is 6.04 Å². The van der Waals surface area contributed by atoms with E-state index in [1.54, 1.807) is 0 Å². The van der Waals surface area contributed by atoms with E-state index in [0.29, 0.717) is 19.4 Å². The first-order valence-electron chi connectivity index (χ1n) is 6.48. The first-order valence-corrected chi connectivity index (χ1v) is 6.48. The fourth-order valence-electron chi connectivity index (χ4n) is 2.47. The lowest BCUT2D eigenvalue weighted by Gasteiger charge is -2.31. The van der Waals surface area contributed by atoms with E-state index >= 15 is 0 Å².